The Morgan fingerprint density at radius 1 is 1.19 bits per heavy atom. The van der Waals surface area contributed by atoms with Crippen molar-refractivity contribution in [2.24, 2.45) is 0 Å². The summed E-state index contributed by atoms with van der Waals surface area (Å²) in [7, 11) is 4.22. The van der Waals surface area contributed by atoms with Gasteiger partial charge in [0.05, 0.1) is 0 Å². The Kier molecular flexibility index (Phi) is 5.50. The largest absolute Gasteiger partial charge is 0.317 e. The van der Waals surface area contributed by atoms with Crippen LogP contribution >= 0.6 is 0 Å². The molecule has 1 aromatic rings. The first-order valence-corrected chi connectivity index (χ1v) is 6.05. The molecule has 2 heteroatoms. The molecule has 0 heterocycles. The van der Waals surface area contributed by atoms with Crippen molar-refractivity contribution >= 4 is 0 Å². The molecule has 16 heavy (non-hydrogen) atoms. The first-order chi connectivity index (χ1) is 7.63. The van der Waals surface area contributed by atoms with E-state index < -0.39 is 0 Å². The zero-order valence-electron chi connectivity index (χ0n) is 10.9. The molecule has 0 radical (unpaired) electrons. The van der Waals surface area contributed by atoms with Crippen LogP contribution < -0.4 is 5.32 Å². The molecule has 0 bridgehead atoms. The second-order valence-corrected chi connectivity index (χ2v) is 4.68. The third-order valence-corrected chi connectivity index (χ3v) is 3.21. The Bertz CT molecular complexity index is 284. The molecule has 0 saturated carbocycles. The molecular weight excluding hydrogens is 196 g/mol. The lowest BCUT2D eigenvalue weighted by Gasteiger charge is -2.27. The molecule has 90 valence electrons. The molecule has 2 unspecified atom stereocenters. The fraction of sp³-hybridized carbons (Fsp3) is 0.571. The number of nitrogens with one attached hydrogen (secondary N) is 1. The van der Waals surface area contributed by atoms with Crippen LogP contribution in [0.1, 0.15) is 25.8 Å². The summed E-state index contributed by atoms with van der Waals surface area (Å²) >= 11 is 0. The van der Waals surface area contributed by atoms with E-state index in [-0.39, 0.29) is 0 Å². The Hall–Kier alpha value is -0.860. The first kappa shape index (κ1) is 13.2. The van der Waals surface area contributed by atoms with Crippen LogP contribution in [0.5, 0.6) is 0 Å². The van der Waals surface area contributed by atoms with E-state index in [1.165, 1.54) is 12.0 Å². The summed E-state index contributed by atoms with van der Waals surface area (Å²) in [6.07, 6.45) is 1.18. The molecule has 0 aliphatic carbocycles. The van der Waals surface area contributed by atoms with Crippen molar-refractivity contribution in [2.45, 2.75) is 38.9 Å². The van der Waals surface area contributed by atoms with E-state index in [0.29, 0.717) is 12.1 Å². The van der Waals surface area contributed by atoms with Crippen LogP contribution in [-0.2, 0) is 6.54 Å². The van der Waals surface area contributed by atoms with Gasteiger partial charge < -0.3 is 5.32 Å². The first-order valence-electron chi connectivity index (χ1n) is 6.05. The average molecular weight is 220 g/mol. The van der Waals surface area contributed by atoms with Crippen LogP contribution in [0, 0.1) is 0 Å². The molecule has 2 nitrogen and oxygen atoms in total. The van der Waals surface area contributed by atoms with Gasteiger partial charge in [-0.2, -0.15) is 0 Å². The maximum Gasteiger partial charge on any atom is 0.0233 e. The second-order valence-electron chi connectivity index (χ2n) is 4.68. The van der Waals surface area contributed by atoms with Gasteiger partial charge in [-0.1, -0.05) is 30.3 Å². The highest BCUT2D eigenvalue weighted by molar-refractivity contribution is 5.14. The predicted molar refractivity (Wildman–Crippen MR) is 70.5 cm³/mol. The molecule has 0 aromatic heterocycles. The minimum atomic E-state index is 0.577. The van der Waals surface area contributed by atoms with E-state index in [1.54, 1.807) is 0 Å². The van der Waals surface area contributed by atoms with Gasteiger partial charge in [-0.05, 0) is 39.9 Å². The topological polar surface area (TPSA) is 15.3 Å². The fourth-order valence-corrected chi connectivity index (χ4v) is 1.84. The average Bonchev–Trinajstić information content (AvgIpc) is 2.30. The summed E-state index contributed by atoms with van der Waals surface area (Å²) in [6.45, 7) is 5.54. The lowest BCUT2D eigenvalue weighted by Crippen LogP contribution is -2.35. The Balaban J connectivity index is 2.43. The summed E-state index contributed by atoms with van der Waals surface area (Å²) in [5.74, 6) is 0. The minimum Gasteiger partial charge on any atom is -0.317 e. The lowest BCUT2D eigenvalue weighted by atomic mass is 10.1. The highest BCUT2D eigenvalue weighted by Crippen LogP contribution is 2.09. The molecule has 0 spiro atoms. The third kappa shape index (κ3) is 4.33. The van der Waals surface area contributed by atoms with Gasteiger partial charge in [0.2, 0.25) is 0 Å². The summed E-state index contributed by atoms with van der Waals surface area (Å²) in [6, 6.07) is 11.8. The van der Waals surface area contributed by atoms with Crippen LogP contribution in [-0.4, -0.2) is 31.1 Å². The standard InChI is InChI=1S/C14H24N2/c1-12(15-3)10-13(2)16(4)11-14-8-6-5-7-9-14/h5-9,12-13,15H,10-11H2,1-4H3. The van der Waals surface area contributed by atoms with Crippen molar-refractivity contribution in [3.8, 4) is 0 Å². The van der Waals surface area contributed by atoms with Crippen molar-refractivity contribution < 1.29 is 0 Å². The van der Waals surface area contributed by atoms with Crippen molar-refractivity contribution in [3.63, 3.8) is 0 Å². The molecule has 1 N–H and O–H groups in total. The number of hydrogen-bond donors (Lipinski definition) is 1. The molecule has 2 atom stereocenters. The summed E-state index contributed by atoms with van der Waals surface area (Å²) < 4.78 is 0. The highest BCUT2D eigenvalue weighted by Gasteiger charge is 2.12. The van der Waals surface area contributed by atoms with Gasteiger partial charge in [-0.15, -0.1) is 0 Å². The summed E-state index contributed by atoms with van der Waals surface area (Å²) in [4.78, 5) is 2.41. The van der Waals surface area contributed by atoms with Crippen LogP contribution in [0.3, 0.4) is 0 Å². The minimum absolute atomic E-state index is 0.577. The smallest absolute Gasteiger partial charge is 0.0233 e. The van der Waals surface area contributed by atoms with Crippen LogP contribution in [0.25, 0.3) is 0 Å². The van der Waals surface area contributed by atoms with Crippen LogP contribution in [0.4, 0.5) is 0 Å². The lowest BCUT2D eigenvalue weighted by molar-refractivity contribution is 0.225. The Morgan fingerprint density at radius 3 is 2.38 bits per heavy atom. The third-order valence-electron chi connectivity index (χ3n) is 3.21. The molecule has 0 aliphatic heterocycles. The van der Waals surface area contributed by atoms with E-state index in [2.05, 4.69) is 61.4 Å². The predicted octanol–water partition coefficient (Wildman–Crippen LogP) is 2.50. The Labute approximate surface area is 99.7 Å². The zero-order valence-corrected chi connectivity index (χ0v) is 10.9. The van der Waals surface area contributed by atoms with Crippen molar-refractivity contribution in [3.05, 3.63) is 35.9 Å². The van der Waals surface area contributed by atoms with E-state index in [4.69, 9.17) is 0 Å². The summed E-state index contributed by atoms with van der Waals surface area (Å²) in [5.41, 5.74) is 1.38. The molecule has 1 rings (SSSR count). The number of benzene rings is 1. The van der Waals surface area contributed by atoms with Crippen molar-refractivity contribution in [2.75, 3.05) is 14.1 Å². The highest BCUT2D eigenvalue weighted by atomic mass is 15.1. The Morgan fingerprint density at radius 2 is 1.81 bits per heavy atom. The van der Waals surface area contributed by atoms with Gasteiger partial charge in [-0.3, -0.25) is 4.90 Å². The van der Waals surface area contributed by atoms with E-state index in [9.17, 15) is 0 Å². The second kappa shape index (κ2) is 6.66. The van der Waals surface area contributed by atoms with Gasteiger partial charge in [0.15, 0.2) is 0 Å². The van der Waals surface area contributed by atoms with Crippen molar-refractivity contribution in [1.82, 2.24) is 10.2 Å². The van der Waals surface area contributed by atoms with Gasteiger partial charge in [0, 0.05) is 18.6 Å². The van der Waals surface area contributed by atoms with Gasteiger partial charge in [-0.25, -0.2) is 0 Å². The van der Waals surface area contributed by atoms with E-state index >= 15 is 0 Å². The maximum atomic E-state index is 3.29. The van der Waals surface area contributed by atoms with E-state index in [0.717, 1.165) is 6.54 Å². The molecule has 0 fully saturated rings. The monoisotopic (exact) mass is 220 g/mol. The van der Waals surface area contributed by atoms with Gasteiger partial charge in [0.25, 0.3) is 0 Å². The number of nitrogens with zero attached hydrogens (tertiary/aromatic N) is 1. The fourth-order valence-electron chi connectivity index (χ4n) is 1.84. The van der Waals surface area contributed by atoms with Crippen LogP contribution in [0.15, 0.2) is 30.3 Å². The van der Waals surface area contributed by atoms with Gasteiger partial charge in [0.1, 0.15) is 0 Å². The van der Waals surface area contributed by atoms with Gasteiger partial charge >= 0.3 is 0 Å². The number of hydrogen-bond acceptors (Lipinski definition) is 2. The molecule has 0 aliphatic rings. The normalized spacial score (nSPS) is 15.1. The molecular formula is C14H24N2. The van der Waals surface area contributed by atoms with E-state index in [1.807, 2.05) is 7.05 Å². The maximum absolute atomic E-state index is 3.29. The molecule has 0 saturated heterocycles. The summed E-state index contributed by atoms with van der Waals surface area (Å²) in [5, 5.41) is 3.29. The number of rotatable bonds is 6. The van der Waals surface area contributed by atoms with Crippen LogP contribution in [0.2, 0.25) is 0 Å². The van der Waals surface area contributed by atoms with Crippen molar-refractivity contribution in [1.29, 1.82) is 0 Å². The molecule has 0 amide bonds. The zero-order chi connectivity index (χ0) is 12.0. The SMILES string of the molecule is CNC(C)CC(C)N(C)Cc1ccccc1. The molecule has 1 aromatic carbocycles. The quantitative estimate of drug-likeness (QED) is 0.792.